The van der Waals surface area contributed by atoms with Crippen LogP contribution in [0.25, 0.3) is 28.2 Å². The van der Waals surface area contributed by atoms with Crippen LogP contribution < -0.4 is 19.6 Å². The Bertz CT molecular complexity index is 2250. The van der Waals surface area contributed by atoms with E-state index >= 15 is 0 Å². The van der Waals surface area contributed by atoms with Crippen LogP contribution in [0.4, 0.5) is 5.69 Å². The first-order valence-electron chi connectivity index (χ1n) is 14.6. The lowest BCUT2D eigenvalue weighted by Crippen LogP contribution is -2.43. The summed E-state index contributed by atoms with van der Waals surface area (Å²) in [5.41, 5.74) is 1.30. The number of carbonyl (C=O) groups is 1. The number of methoxy groups -OCH3 is 1. The molecule has 0 unspecified atom stereocenters. The number of fused-ring (bicyclic) bond motifs is 2. The molecule has 1 atom stereocenters. The van der Waals surface area contributed by atoms with Crippen LogP contribution in [0.3, 0.4) is 0 Å². The van der Waals surface area contributed by atoms with Gasteiger partial charge in [-0.25, -0.2) is 4.99 Å². The third-order valence-corrected chi connectivity index (χ3v) is 9.27. The van der Waals surface area contributed by atoms with Gasteiger partial charge in [0.2, 0.25) is 0 Å². The highest BCUT2D eigenvalue weighted by atomic mass is 35.5. The number of ether oxygens (including phenoxy) is 1. The zero-order valence-electron chi connectivity index (χ0n) is 25.4. The summed E-state index contributed by atoms with van der Waals surface area (Å²) in [6.07, 6.45) is 1.58. The van der Waals surface area contributed by atoms with Crippen molar-refractivity contribution in [2.75, 3.05) is 20.2 Å². The van der Waals surface area contributed by atoms with Gasteiger partial charge in [0.1, 0.15) is 23.3 Å². The zero-order chi connectivity index (χ0) is 32.7. The lowest BCUT2D eigenvalue weighted by molar-refractivity contribution is -0.384. The Hall–Kier alpha value is -5.00. The monoisotopic (exact) mass is 656 g/mol. The molecular formula is C34H29ClN4O6S. The minimum absolute atomic E-state index is 0.197. The summed E-state index contributed by atoms with van der Waals surface area (Å²) in [5.74, 6) is 0.904. The van der Waals surface area contributed by atoms with Crippen LogP contribution in [0.1, 0.15) is 38.1 Å². The number of allylic oxidation sites excluding steroid dienone is 1. The van der Waals surface area contributed by atoms with Gasteiger partial charge >= 0.3 is 0 Å². The summed E-state index contributed by atoms with van der Waals surface area (Å²) in [6, 6.07) is 18.3. The fraction of sp³-hybridized carbons (Fsp3) is 0.206. The lowest BCUT2D eigenvalue weighted by Gasteiger charge is -2.30. The number of halogens is 1. The van der Waals surface area contributed by atoms with Crippen molar-refractivity contribution >= 4 is 51.4 Å². The van der Waals surface area contributed by atoms with Crippen molar-refractivity contribution in [1.82, 2.24) is 9.47 Å². The summed E-state index contributed by atoms with van der Waals surface area (Å²) in [5, 5.41) is 13.7. The second-order valence-electron chi connectivity index (χ2n) is 10.6. The van der Waals surface area contributed by atoms with E-state index in [1.165, 1.54) is 23.5 Å². The Morgan fingerprint density at radius 2 is 1.91 bits per heavy atom. The maximum absolute atomic E-state index is 14.3. The van der Waals surface area contributed by atoms with E-state index in [1.54, 1.807) is 47.8 Å². The van der Waals surface area contributed by atoms with E-state index in [1.807, 2.05) is 50.2 Å². The number of aromatic nitrogens is 1. The predicted octanol–water partition coefficient (Wildman–Crippen LogP) is 6.09. The largest absolute Gasteiger partial charge is 0.496 e. The molecule has 2 aromatic heterocycles. The Balaban J connectivity index is 1.57. The summed E-state index contributed by atoms with van der Waals surface area (Å²) < 4.78 is 13.7. The van der Waals surface area contributed by atoms with Gasteiger partial charge in [-0.3, -0.25) is 24.3 Å². The van der Waals surface area contributed by atoms with E-state index in [4.69, 9.17) is 25.7 Å². The third-order valence-electron chi connectivity index (χ3n) is 8.05. The molecule has 234 valence electrons. The van der Waals surface area contributed by atoms with Crippen molar-refractivity contribution in [3.05, 3.63) is 124 Å². The first kappa shape index (κ1) is 31.0. The van der Waals surface area contributed by atoms with Crippen molar-refractivity contribution in [1.29, 1.82) is 0 Å². The number of rotatable bonds is 8. The van der Waals surface area contributed by atoms with Gasteiger partial charge < -0.3 is 14.1 Å². The molecule has 10 nitrogen and oxygen atoms in total. The van der Waals surface area contributed by atoms with Crippen molar-refractivity contribution in [3.8, 4) is 17.1 Å². The maximum Gasteiger partial charge on any atom is 0.281 e. The number of hydrogen-bond donors (Lipinski definition) is 0. The molecule has 0 fully saturated rings. The molecule has 5 aromatic rings. The minimum atomic E-state index is -0.823. The predicted molar refractivity (Wildman–Crippen MR) is 178 cm³/mol. The van der Waals surface area contributed by atoms with Gasteiger partial charge in [0.05, 0.1) is 33.4 Å². The Kier molecular flexibility index (Phi) is 8.37. The second-order valence-corrected chi connectivity index (χ2v) is 12.0. The van der Waals surface area contributed by atoms with Crippen LogP contribution in [-0.2, 0) is 4.79 Å². The molecule has 0 N–H and O–H groups in total. The van der Waals surface area contributed by atoms with Gasteiger partial charge in [-0.1, -0.05) is 53.3 Å². The van der Waals surface area contributed by atoms with Crippen LogP contribution in [0, 0.1) is 10.1 Å². The van der Waals surface area contributed by atoms with Crippen molar-refractivity contribution < 1.29 is 18.9 Å². The number of thiazole rings is 1. The van der Waals surface area contributed by atoms with E-state index in [-0.39, 0.29) is 33.5 Å². The Labute approximate surface area is 272 Å². The number of nitrogens with zero attached hydrogens (tertiary/aromatic N) is 4. The molecule has 1 amide bonds. The fourth-order valence-corrected chi connectivity index (χ4v) is 7.05. The third kappa shape index (κ3) is 5.31. The van der Waals surface area contributed by atoms with Gasteiger partial charge in [0.25, 0.3) is 17.2 Å². The number of benzene rings is 3. The molecule has 3 aromatic carbocycles. The number of carbonyl (C=O) groups excluding carboxylic acids is 1. The van der Waals surface area contributed by atoms with Gasteiger partial charge in [0.15, 0.2) is 4.80 Å². The molecule has 0 bridgehead atoms. The number of furan rings is 1. The van der Waals surface area contributed by atoms with Crippen LogP contribution in [0.15, 0.2) is 92.2 Å². The SMILES string of the molecule is CCN(CC)C(=O)C1=C(C)N=c2s/c(=C/c3ccc(-c4ccc(Cl)cc4[N+](=O)[O-])o3)c(=O)n2[C@@H]1c1c(OC)ccc2ccccc12. The van der Waals surface area contributed by atoms with E-state index in [9.17, 15) is 19.7 Å². The Morgan fingerprint density at radius 3 is 2.63 bits per heavy atom. The van der Waals surface area contributed by atoms with Gasteiger partial charge in [0, 0.05) is 35.8 Å². The van der Waals surface area contributed by atoms with Gasteiger partial charge in [-0.2, -0.15) is 0 Å². The molecule has 1 aliphatic heterocycles. The topological polar surface area (TPSA) is 120 Å². The summed E-state index contributed by atoms with van der Waals surface area (Å²) in [6.45, 7) is 6.59. The van der Waals surface area contributed by atoms with E-state index in [2.05, 4.69) is 0 Å². The normalized spacial score (nSPS) is 14.7. The smallest absolute Gasteiger partial charge is 0.281 e. The van der Waals surface area contributed by atoms with Crippen LogP contribution in [0.2, 0.25) is 5.02 Å². The van der Waals surface area contributed by atoms with Gasteiger partial charge in [-0.15, -0.1) is 0 Å². The standard InChI is InChI=1S/C34H29ClN4O6S/c1-5-37(6-2)33(41)29-19(3)36-34-38(31(29)30-23-10-8-7-9-20(23)11-15-27(30)44-4)32(40)28(46-34)18-22-13-16-26(45-22)24-14-12-21(35)17-25(24)39(42)43/h7-18,31H,5-6H2,1-4H3/b28-18+/t31-/m0/s1. The highest BCUT2D eigenvalue weighted by Gasteiger charge is 2.36. The van der Waals surface area contributed by atoms with Crippen LogP contribution in [-0.4, -0.2) is 40.5 Å². The summed E-state index contributed by atoms with van der Waals surface area (Å²) >= 11 is 7.16. The number of nitro groups is 1. The Morgan fingerprint density at radius 1 is 1.15 bits per heavy atom. The number of hydrogen-bond acceptors (Lipinski definition) is 8. The fourth-order valence-electron chi connectivity index (χ4n) is 5.85. The quantitative estimate of drug-likeness (QED) is 0.147. The molecule has 0 saturated carbocycles. The molecule has 46 heavy (non-hydrogen) atoms. The summed E-state index contributed by atoms with van der Waals surface area (Å²) in [7, 11) is 1.57. The van der Waals surface area contributed by atoms with Crippen LogP contribution in [0.5, 0.6) is 5.75 Å². The summed E-state index contributed by atoms with van der Waals surface area (Å²) in [4.78, 5) is 46.5. The average Bonchev–Trinajstić information content (AvgIpc) is 3.64. The van der Waals surface area contributed by atoms with E-state index in [0.717, 1.165) is 10.8 Å². The molecule has 6 rings (SSSR count). The zero-order valence-corrected chi connectivity index (χ0v) is 27.0. The first-order valence-corrected chi connectivity index (χ1v) is 15.8. The maximum atomic E-state index is 14.3. The van der Waals surface area contributed by atoms with Crippen LogP contribution >= 0.6 is 22.9 Å². The average molecular weight is 657 g/mol. The highest BCUT2D eigenvalue weighted by molar-refractivity contribution is 7.07. The van der Waals surface area contributed by atoms with E-state index < -0.39 is 11.0 Å². The molecular weight excluding hydrogens is 628 g/mol. The van der Waals surface area contributed by atoms with Crippen molar-refractivity contribution in [3.63, 3.8) is 0 Å². The van der Waals surface area contributed by atoms with Gasteiger partial charge in [-0.05, 0) is 61.9 Å². The second kappa shape index (κ2) is 12.4. The molecule has 3 heterocycles. The van der Waals surface area contributed by atoms with E-state index in [0.29, 0.717) is 50.8 Å². The lowest BCUT2D eigenvalue weighted by atomic mass is 9.90. The molecule has 0 aliphatic carbocycles. The molecule has 1 aliphatic rings. The first-order chi connectivity index (χ1) is 22.2. The number of nitro benzene ring substituents is 1. The van der Waals surface area contributed by atoms with Crippen molar-refractivity contribution in [2.24, 2.45) is 4.99 Å². The molecule has 0 spiro atoms. The molecule has 0 radical (unpaired) electrons. The minimum Gasteiger partial charge on any atom is -0.496 e. The number of likely N-dealkylation sites (N-methyl/N-ethyl adjacent to an activating group) is 1. The number of amides is 1. The van der Waals surface area contributed by atoms with Crippen molar-refractivity contribution in [2.45, 2.75) is 26.8 Å². The molecule has 12 heteroatoms. The highest BCUT2D eigenvalue weighted by Crippen LogP contribution is 2.40. The molecule has 0 saturated heterocycles.